The van der Waals surface area contributed by atoms with Gasteiger partial charge < -0.3 is 20.1 Å². The Hall–Kier alpha value is -2.49. The molecule has 1 saturated heterocycles. The summed E-state index contributed by atoms with van der Waals surface area (Å²) in [4.78, 5) is 20.5. The van der Waals surface area contributed by atoms with Crippen LogP contribution in [0.25, 0.3) is 0 Å². The molecule has 0 spiro atoms. The Morgan fingerprint density at radius 2 is 2.00 bits per heavy atom. The van der Waals surface area contributed by atoms with Gasteiger partial charge in [-0.1, -0.05) is 0 Å². The van der Waals surface area contributed by atoms with Gasteiger partial charge in [0.2, 0.25) is 5.88 Å². The normalized spacial score (nSPS) is 14.9. The van der Waals surface area contributed by atoms with Gasteiger partial charge in [-0.05, 0) is 28.9 Å². The van der Waals surface area contributed by atoms with E-state index in [-0.39, 0.29) is 16.3 Å². The minimum Gasteiger partial charge on any atom is -0.474 e. The van der Waals surface area contributed by atoms with Gasteiger partial charge in [0.1, 0.15) is 29.9 Å². The summed E-state index contributed by atoms with van der Waals surface area (Å²) in [5.74, 6) is -0.625. The Balaban J connectivity index is 1.73. The summed E-state index contributed by atoms with van der Waals surface area (Å²) in [7, 11) is 0. The molecule has 144 valence electrons. The number of carbonyl (C=O) groups is 1. The zero-order chi connectivity index (χ0) is 19.6. The molecule has 2 aromatic rings. The highest BCUT2D eigenvalue weighted by atomic mass is 79.9. The molecule has 1 aliphatic heterocycles. The molecule has 3 rings (SSSR count). The number of ether oxygens (including phenoxy) is 1. The van der Waals surface area contributed by atoms with E-state index in [2.05, 4.69) is 31.2 Å². The zero-order valence-electron chi connectivity index (χ0n) is 14.4. The number of nitrogens with zero attached hydrogens (tertiary/aromatic N) is 3. The van der Waals surface area contributed by atoms with Crippen LogP contribution in [0.5, 0.6) is 5.88 Å². The lowest BCUT2D eigenvalue weighted by Gasteiger charge is -2.30. The molecular formula is C17H17BrF2N4O3. The fourth-order valence-corrected chi connectivity index (χ4v) is 3.06. The van der Waals surface area contributed by atoms with Crippen molar-refractivity contribution in [2.45, 2.75) is 25.9 Å². The van der Waals surface area contributed by atoms with Crippen LogP contribution in [0.3, 0.4) is 0 Å². The van der Waals surface area contributed by atoms with E-state index in [1.807, 2.05) is 0 Å². The van der Waals surface area contributed by atoms with Gasteiger partial charge in [-0.3, -0.25) is 0 Å². The zero-order valence-corrected chi connectivity index (χ0v) is 16.0. The number of carboxylic acid groups (broad SMARTS) is 1. The smallest absolute Gasteiger partial charge is 0.407 e. The maximum absolute atomic E-state index is 14.0. The molecule has 2 N–H and O–H groups in total. The third-order valence-corrected chi connectivity index (χ3v) is 4.90. The molecule has 1 aromatic heterocycles. The molecular weight excluding hydrogens is 426 g/mol. The fraction of sp³-hybridized carbons (Fsp3) is 0.353. The topological polar surface area (TPSA) is 87.6 Å². The number of benzene rings is 1. The van der Waals surface area contributed by atoms with E-state index in [4.69, 9.17) is 9.84 Å². The van der Waals surface area contributed by atoms with Crippen LogP contribution >= 0.6 is 15.9 Å². The van der Waals surface area contributed by atoms with E-state index in [0.717, 1.165) is 12.1 Å². The molecule has 0 radical (unpaired) electrons. The number of likely N-dealkylation sites (tertiary alicyclic amines) is 1. The Morgan fingerprint density at radius 3 is 2.67 bits per heavy atom. The highest BCUT2D eigenvalue weighted by Crippen LogP contribution is 2.29. The van der Waals surface area contributed by atoms with Crippen LogP contribution in [0.4, 0.5) is 25.1 Å². The van der Waals surface area contributed by atoms with Gasteiger partial charge in [0.05, 0.1) is 15.7 Å². The standard InChI is InChI=1S/C17H17BrF2N4O3/c1-9-15(23-14-7-12(19)11(18)6-13(14)20)21-8-22-16(9)27-10-2-4-24(5-3-10)17(25)26/h6-8,10H,2-5H2,1H3,(H,25,26)(H,21,22,23). The number of rotatable bonds is 4. The number of hydrogen-bond donors (Lipinski definition) is 2. The average molecular weight is 443 g/mol. The monoisotopic (exact) mass is 442 g/mol. The van der Waals surface area contributed by atoms with Gasteiger partial charge in [-0.25, -0.2) is 23.5 Å². The van der Waals surface area contributed by atoms with E-state index >= 15 is 0 Å². The van der Waals surface area contributed by atoms with Crippen molar-refractivity contribution < 1.29 is 23.4 Å². The molecule has 1 fully saturated rings. The van der Waals surface area contributed by atoms with Crippen LogP contribution in [0.2, 0.25) is 0 Å². The van der Waals surface area contributed by atoms with E-state index in [1.165, 1.54) is 11.2 Å². The van der Waals surface area contributed by atoms with Crippen LogP contribution < -0.4 is 10.1 Å². The third-order valence-electron chi connectivity index (χ3n) is 4.29. The summed E-state index contributed by atoms with van der Waals surface area (Å²) < 4.78 is 33.6. The Labute approximate surface area is 162 Å². The van der Waals surface area contributed by atoms with Gasteiger partial charge in [-0.2, -0.15) is 0 Å². The first kappa shape index (κ1) is 19.3. The second kappa shape index (κ2) is 8.03. The molecule has 0 bridgehead atoms. The maximum Gasteiger partial charge on any atom is 0.407 e. The van der Waals surface area contributed by atoms with Crippen molar-refractivity contribution in [2.24, 2.45) is 0 Å². The molecule has 2 heterocycles. The number of amides is 1. The molecule has 1 aromatic carbocycles. The van der Waals surface area contributed by atoms with Crippen molar-refractivity contribution in [3.8, 4) is 5.88 Å². The van der Waals surface area contributed by atoms with Crippen LogP contribution in [-0.2, 0) is 0 Å². The molecule has 1 amide bonds. The largest absolute Gasteiger partial charge is 0.474 e. The lowest BCUT2D eigenvalue weighted by Crippen LogP contribution is -2.41. The summed E-state index contributed by atoms with van der Waals surface area (Å²) in [6, 6.07) is 2.06. The van der Waals surface area contributed by atoms with Crippen molar-refractivity contribution in [1.82, 2.24) is 14.9 Å². The lowest BCUT2D eigenvalue weighted by atomic mass is 10.1. The average Bonchev–Trinajstić information content (AvgIpc) is 2.63. The number of nitrogens with one attached hydrogen (secondary N) is 1. The number of aromatic nitrogens is 2. The summed E-state index contributed by atoms with van der Waals surface area (Å²) in [6.45, 7) is 2.48. The van der Waals surface area contributed by atoms with Gasteiger partial charge in [0.25, 0.3) is 0 Å². The van der Waals surface area contributed by atoms with Crippen molar-refractivity contribution in [3.05, 3.63) is 40.1 Å². The first-order chi connectivity index (χ1) is 12.8. The van der Waals surface area contributed by atoms with E-state index in [1.54, 1.807) is 6.92 Å². The number of halogens is 3. The minimum absolute atomic E-state index is 0.0293. The number of piperidine rings is 1. The molecule has 0 saturated carbocycles. The Bertz CT molecular complexity index is 860. The molecule has 27 heavy (non-hydrogen) atoms. The minimum atomic E-state index is -0.943. The third kappa shape index (κ3) is 4.44. The quantitative estimate of drug-likeness (QED) is 0.693. The van der Waals surface area contributed by atoms with Crippen LogP contribution in [0.15, 0.2) is 22.9 Å². The summed E-state index contributed by atoms with van der Waals surface area (Å²) in [6.07, 6.45) is 1.24. The fourth-order valence-electron chi connectivity index (χ4n) is 2.75. The van der Waals surface area contributed by atoms with E-state index < -0.39 is 17.7 Å². The second-order valence-corrected chi connectivity index (χ2v) is 6.96. The van der Waals surface area contributed by atoms with Crippen LogP contribution in [-0.4, -0.2) is 45.3 Å². The number of anilines is 2. The molecule has 0 unspecified atom stereocenters. The van der Waals surface area contributed by atoms with Crippen LogP contribution in [0.1, 0.15) is 18.4 Å². The highest BCUT2D eigenvalue weighted by Gasteiger charge is 2.24. The lowest BCUT2D eigenvalue weighted by molar-refractivity contribution is 0.0866. The first-order valence-electron chi connectivity index (χ1n) is 8.23. The first-order valence-corrected chi connectivity index (χ1v) is 9.02. The van der Waals surface area contributed by atoms with Gasteiger partial charge in [-0.15, -0.1) is 0 Å². The summed E-state index contributed by atoms with van der Waals surface area (Å²) in [5.41, 5.74) is 0.485. The Morgan fingerprint density at radius 1 is 1.30 bits per heavy atom. The summed E-state index contributed by atoms with van der Waals surface area (Å²) in [5, 5.41) is 11.7. The Kier molecular flexibility index (Phi) is 5.73. The van der Waals surface area contributed by atoms with Crippen molar-refractivity contribution in [3.63, 3.8) is 0 Å². The highest BCUT2D eigenvalue weighted by molar-refractivity contribution is 9.10. The van der Waals surface area contributed by atoms with E-state index in [9.17, 15) is 13.6 Å². The molecule has 0 atom stereocenters. The molecule has 10 heteroatoms. The molecule has 0 aliphatic carbocycles. The van der Waals surface area contributed by atoms with Gasteiger partial charge in [0, 0.05) is 32.0 Å². The molecule has 1 aliphatic rings. The van der Waals surface area contributed by atoms with Crippen molar-refractivity contribution in [2.75, 3.05) is 18.4 Å². The van der Waals surface area contributed by atoms with E-state index in [0.29, 0.717) is 43.2 Å². The second-order valence-electron chi connectivity index (χ2n) is 6.11. The van der Waals surface area contributed by atoms with Crippen LogP contribution in [0, 0.1) is 18.6 Å². The van der Waals surface area contributed by atoms with Gasteiger partial charge in [0.15, 0.2) is 0 Å². The number of hydrogen-bond acceptors (Lipinski definition) is 5. The SMILES string of the molecule is Cc1c(Nc2cc(F)c(Br)cc2F)ncnc1OC1CCN(C(=O)O)CC1. The van der Waals surface area contributed by atoms with Crippen molar-refractivity contribution >= 4 is 33.5 Å². The van der Waals surface area contributed by atoms with Gasteiger partial charge >= 0.3 is 6.09 Å². The van der Waals surface area contributed by atoms with Crippen molar-refractivity contribution in [1.29, 1.82) is 0 Å². The predicted octanol–water partition coefficient (Wildman–Crippen LogP) is 4.09. The predicted molar refractivity (Wildman–Crippen MR) is 97.4 cm³/mol. The summed E-state index contributed by atoms with van der Waals surface area (Å²) >= 11 is 2.93. The molecule has 7 nitrogen and oxygen atoms in total. The maximum atomic E-state index is 14.0.